The third-order valence-corrected chi connectivity index (χ3v) is 13.3. The van der Waals surface area contributed by atoms with E-state index >= 15 is 0 Å². The summed E-state index contributed by atoms with van der Waals surface area (Å²) in [5.41, 5.74) is 9.53. The number of carbonyl (C=O) groups is 5. The van der Waals surface area contributed by atoms with Crippen LogP contribution in [0.3, 0.4) is 0 Å². The van der Waals surface area contributed by atoms with Gasteiger partial charge in [0, 0.05) is 74.3 Å². The summed E-state index contributed by atoms with van der Waals surface area (Å²) >= 11 is 0. The molecule has 5 atom stereocenters. The first-order valence-corrected chi connectivity index (χ1v) is 23.1. The molecule has 0 unspecified atom stereocenters. The van der Waals surface area contributed by atoms with E-state index in [9.17, 15) is 29.1 Å². The number of aromatic hydroxyl groups is 1. The van der Waals surface area contributed by atoms with Crippen LogP contribution in [0.1, 0.15) is 77.6 Å². The zero-order valence-electron chi connectivity index (χ0n) is 39.6. The van der Waals surface area contributed by atoms with Crippen molar-refractivity contribution in [3.63, 3.8) is 0 Å². The molecule has 2 aromatic heterocycles. The monoisotopic (exact) mass is 903 g/mol. The summed E-state index contributed by atoms with van der Waals surface area (Å²) in [7, 11) is 3.24. The van der Waals surface area contributed by atoms with E-state index in [0.29, 0.717) is 50.0 Å². The summed E-state index contributed by atoms with van der Waals surface area (Å²) in [6.07, 6.45) is 4.92. The highest BCUT2D eigenvalue weighted by Crippen LogP contribution is 2.41. The number of aromatic nitrogens is 2. The molecule has 66 heavy (non-hydrogen) atoms. The lowest BCUT2D eigenvalue weighted by atomic mass is 9.84. The number of likely N-dealkylation sites (tertiary alicyclic amines) is 1. The number of hydrazine groups is 1. The molecule has 7 rings (SSSR count). The fourth-order valence-corrected chi connectivity index (χ4v) is 10.2. The molecule has 6 bridgehead atoms. The number of methoxy groups -OCH3 is 1. The topological polar surface area (TPSA) is 176 Å². The summed E-state index contributed by atoms with van der Waals surface area (Å²) in [4.78, 5) is 77.5. The van der Waals surface area contributed by atoms with Crippen LogP contribution in [-0.2, 0) is 59.4 Å². The fourth-order valence-electron chi connectivity index (χ4n) is 10.2. The van der Waals surface area contributed by atoms with Crippen molar-refractivity contribution in [2.45, 2.75) is 111 Å². The molecule has 2 fully saturated rings. The van der Waals surface area contributed by atoms with Gasteiger partial charge in [0.2, 0.25) is 17.7 Å². The molecule has 0 spiro atoms. The van der Waals surface area contributed by atoms with Gasteiger partial charge < -0.3 is 34.3 Å². The molecular weight excluding hydrogens is 839 g/mol. The van der Waals surface area contributed by atoms with Crippen molar-refractivity contribution in [1.29, 1.82) is 0 Å². The van der Waals surface area contributed by atoms with Crippen molar-refractivity contribution >= 4 is 40.5 Å². The second-order valence-electron chi connectivity index (χ2n) is 19.3. The van der Waals surface area contributed by atoms with E-state index in [1.807, 2.05) is 39.0 Å². The highest BCUT2D eigenvalue weighted by molar-refractivity contribution is 5.96. The molecule has 352 valence electrons. The van der Waals surface area contributed by atoms with E-state index in [1.165, 1.54) is 16.0 Å². The number of ether oxygens (including phenoxy) is 2. The van der Waals surface area contributed by atoms with Gasteiger partial charge in [0.05, 0.1) is 30.5 Å². The Balaban J connectivity index is 1.30. The van der Waals surface area contributed by atoms with Crippen LogP contribution in [0.2, 0.25) is 0 Å². The molecule has 4 amide bonds. The second kappa shape index (κ2) is 19.8. The van der Waals surface area contributed by atoms with Gasteiger partial charge in [-0.3, -0.25) is 34.0 Å². The lowest BCUT2D eigenvalue weighted by molar-refractivity contribution is -0.155. The van der Waals surface area contributed by atoms with Crippen LogP contribution in [-0.4, -0.2) is 117 Å². The van der Waals surface area contributed by atoms with Crippen molar-refractivity contribution in [1.82, 2.24) is 35.1 Å². The number of benzene rings is 2. The van der Waals surface area contributed by atoms with Gasteiger partial charge in [-0.2, -0.15) is 0 Å². The van der Waals surface area contributed by atoms with Crippen LogP contribution in [0.4, 0.5) is 0 Å². The average molecular weight is 904 g/mol. The molecule has 0 saturated carbocycles. The Morgan fingerprint density at radius 2 is 1.91 bits per heavy atom. The van der Waals surface area contributed by atoms with Gasteiger partial charge in [0.15, 0.2) is 0 Å². The summed E-state index contributed by atoms with van der Waals surface area (Å²) in [6, 6.07) is 12.3. The molecule has 0 aliphatic carbocycles. The highest BCUT2D eigenvalue weighted by atomic mass is 16.5. The van der Waals surface area contributed by atoms with Crippen LogP contribution in [0.25, 0.3) is 33.3 Å². The second-order valence-corrected chi connectivity index (χ2v) is 19.3. The summed E-state index contributed by atoms with van der Waals surface area (Å²) < 4.78 is 14.0. The maximum absolute atomic E-state index is 14.7. The average Bonchev–Trinajstić information content (AvgIpc) is 3.83. The quantitative estimate of drug-likeness (QED) is 0.130. The number of nitrogens with one attached hydrogen (secondary N) is 2. The van der Waals surface area contributed by atoms with Crippen LogP contribution >= 0.6 is 0 Å². The normalized spacial score (nSPS) is 21.6. The molecule has 2 saturated heterocycles. The van der Waals surface area contributed by atoms with Crippen molar-refractivity contribution in [3.8, 4) is 28.1 Å². The lowest BCUT2D eigenvalue weighted by Gasteiger charge is -2.37. The lowest BCUT2D eigenvalue weighted by Crippen LogP contribution is -2.62. The van der Waals surface area contributed by atoms with Crippen molar-refractivity contribution in [3.05, 3.63) is 84.2 Å². The van der Waals surface area contributed by atoms with Crippen molar-refractivity contribution < 1.29 is 38.6 Å². The number of aryl methyl sites for hydroxylation is 1. The fraction of sp³-hybridized carbons (Fsp3) is 0.490. The molecule has 5 heterocycles. The van der Waals surface area contributed by atoms with Crippen LogP contribution in [0.5, 0.6) is 5.75 Å². The van der Waals surface area contributed by atoms with Crippen LogP contribution in [0, 0.1) is 17.3 Å². The minimum absolute atomic E-state index is 0.0121. The van der Waals surface area contributed by atoms with Crippen LogP contribution < -0.4 is 10.7 Å². The molecule has 3 N–H and O–H groups in total. The molecule has 0 radical (unpaired) electrons. The van der Waals surface area contributed by atoms with Gasteiger partial charge in [-0.05, 0) is 110 Å². The largest absolute Gasteiger partial charge is 0.508 e. The molecule has 2 aromatic carbocycles. The van der Waals surface area contributed by atoms with Gasteiger partial charge in [0.1, 0.15) is 23.9 Å². The zero-order valence-corrected chi connectivity index (χ0v) is 39.6. The molecule has 15 nitrogen and oxygen atoms in total. The van der Waals surface area contributed by atoms with E-state index in [1.54, 1.807) is 37.4 Å². The first-order chi connectivity index (χ1) is 31.4. The Morgan fingerprint density at radius 3 is 2.62 bits per heavy atom. The standard InChI is InChI=1S/C51H65N7O8/c1-10-44(60)57-27-35(20-31(57)5)48(62)55(8)45(30(3)4)47(61)53-41-23-32-21-34(24-36(59)22-32)33-16-17-43-38(25-33)39(46(56(43)11-2)37-14-12-18-52-42(37)28-65-9)26-51(6,7)29-66-50(64)40-15-13-19-58(54-40)49(41)63/h10,12,14,16-18,21-22,24-25,30-31,35,40-41,45,54,59H,1,11,13,15,19-20,23,26-29H2,2-9H3,(H,53,61)/t31-,35+,40+,41+,45+/m1/s1. The Labute approximate surface area is 387 Å². The van der Waals surface area contributed by atoms with Gasteiger partial charge >= 0.3 is 5.97 Å². The van der Waals surface area contributed by atoms with Gasteiger partial charge in [0.25, 0.3) is 5.91 Å². The minimum Gasteiger partial charge on any atom is -0.508 e. The molecule has 15 heteroatoms. The van der Waals surface area contributed by atoms with E-state index in [0.717, 1.165) is 39.0 Å². The first kappa shape index (κ1) is 47.9. The summed E-state index contributed by atoms with van der Waals surface area (Å²) in [5, 5.41) is 16.7. The molecule has 3 aliphatic rings. The van der Waals surface area contributed by atoms with Gasteiger partial charge in [-0.25, -0.2) is 5.43 Å². The number of esters is 1. The van der Waals surface area contributed by atoms with Gasteiger partial charge in [-0.15, -0.1) is 0 Å². The Morgan fingerprint density at radius 1 is 1.14 bits per heavy atom. The minimum atomic E-state index is -1.17. The van der Waals surface area contributed by atoms with E-state index in [2.05, 4.69) is 60.9 Å². The van der Waals surface area contributed by atoms with Crippen molar-refractivity contribution in [2.24, 2.45) is 17.3 Å². The SMILES string of the molecule is C=CC(=O)N1C[C@@H](C(=O)N(C)[C@H](C(=O)N[C@H]2Cc3cc(O)cc(c3)-c3ccc4c(c3)c(c(-c3cccnc3COC)n4CC)CC(C)(C)COC(=O)[C@@H]3CCCN(N3)C2=O)C(C)C)C[C@H]1C. The number of hydrogen-bond acceptors (Lipinski definition) is 10. The summed E-state index contributed by atoms with van der Waals surface area (Å²) in [6.45, 7) is 17.0. The number of likely N-dealkylation sites (N-methyl/N-ethyl adjacent to an activating group) is 1. The summed E-state index contributed by atoms with van der Waals surface area (Å²) in [5.74, 6) is -2.90. The Kier molecular flexibility index (Phi) is 14.4. The number of carbonyl (C=O) groups excluding carboxylic acids is 5. The Hall–Kier alpha value is -6.06. The predicted octanol–water partition coefficient (Wildman–Crippen LogP) is 5.80. The number of hydrogen-bond donors (Lipinski definition) is 3. The number of pyridine rings is 1. The Bertz CT molecular complexity index is 2510. The smallest absolute Gasteiger partial charge is 0.324 e. The number of fused-ring (bicyclic) bond motifs is 6. The number of phenols is 1. The van der Waals surface area contributed by atoms with E-state index < -0.39 is 47.2 Å². The van der Waals surface area contributed by atoms with E-state index in [4.69, 9.17) is 14.5 Å². The molecule has 3 aliphatic heterocycles. The highest BCUT2D eigenvalue weighted by Gasteiger charge is 2.42. The third-order valence-electron chi connectivity index (χ3n) is 13.3. The number of rotatable bonds is 10. The number of nitrogens with zero attached hydrogens (tertiary/aromatic N) is 5. The first-order valence-electron chi connectivity index (χ1n) is 23.1. The molecular formula is C51H65N7O8. The third kappa shape index (κ3) is 9.87. The maximum Gasteiger partial charge on any atom is 0.324 e. The predicted molar refractivity (Wildman–Crippen MR) is 251 cm³/mol. The molecule has 4 aromatic rings. The number of phenolic OH excluding ortho intramolecular Hbond substituents is 1. The van der Waals surface area contributed by atoms with E-state index in [-0.39, 0.29) is 55.6 Å². The van der Waals surface area contributed by atoms with Crippen LogP contribution in [0.15, 0.2) is 67.4 Å². The van der Waals surface area contributed by atoms with Crippen molar-refractivity contribution in [2.75, 3.05) is 33.9 Å². The number of amides is 4. The maximum atomic E-state index is 14.7. The van der Waals surface area contributed by atoms with Gasteiger partial charge in [-0.1, -0.05) is 46.4 Å². The zero-order chi connectivity index (χ0) is 47.6. The number of cyclic esters (lactones) is 1.